The molecule has 26 heavy (non-hydrogen) atoms. The van der Waals surface area contributed by atoms with Crippen molar-refractivity contribution in [1.82, 2.24) is 4.98 Å². The fourth-order valence-electron chi connectivity index (χ4n) is 2.29. The predicted octanol–water partition coefficient (Wildman–Crippen LogP) is 4.80. The third-order valence-electron chi connectivity index (χ3n) is 3.52. The number of hydrogen-bond donors (Lipinski definition) is 2. The van der Waals surface area contributed by atoms with E-state index in [1.807, 2.05) is 37.3 Å². The Morgan fingerprint density at radius 3 is 2.58 bits per heavy atom. The summed E-state index contributed by atoms with van der Waals surface area (Å²) < 4.78 is 5.40. The highest BCUT2D eigenvalue weighted by Gasteiger charge is 2.05. The van der Waals surface area contributed by atoms with E-state index in [1.54, 1.807) is 36.5 Å². The molecule has 0 saturated heterocycles. The average Bonchev–Trinajstić information content (AvgIpc) is 2.63. The number of pyridine rings is 1. The minimum absolute atomic E-state index is 0.105. The maximum Gasteiger partial charge on any atom is 0.263 e. The molecule has 1 heterocycles. The topological polar surface area (TPSA) is 63.2 Å². The first kappa shape index (κ1) is 17.8. The molecule has 0 aliphatic rings. The van der Waals surface area contributed by atoms with Crippen LogP contribution < -0.4 is 15.4 Å². The second-order valence-corrected chi connectivity index (χ2v) is 6.15. The summed E-state index contributed by atoms with van der Waals surface area (Å²) in [5, 5.41) is 6.58. The first-order valence-electron chi connectivity index (χ1n) is 8.06. The van der Waals surface area contributed by atoms with Gasteiger partial charge in [0.25, 0.3) is 5.91 Å². The van der Waals surface area contributed by atoms with Crippen LogP contribution in [0.15, 0.2) is 66.9 Å². The zero-order chi connectivity index (χ0) is 18.4. The molecule has 0 atom stereocenters. The van der Waals surface area contributed by atoms with Crippen LogP contribution in [0.1, 0.15) is 5.56 Å². The van der Waals surface area contributed by atoms with E-state index in [9.17, 15) is 4.79 Å². The molecule has 0 radical (unpaired) electrons. The van der Waals surface area contributed by atoms with Gasteiger partial charge in [0.05, 0.1) is 11.9 Å². The van der Waals surface area contributed by atoms with Crippen molar-refractivity contribution in [2.45, 2.75) is 6.92 Å². The first-order valence-corrected chi connectivity index (χ1v) is 8.44. The lowest BCUT2D eigenvalue weighted by Crippen LogP contribution is -2.20. The van der Waals surface area contributed by atoms with Crippen LogP contribution in [0.2, 0.25) is 5.02 Å². The number of nitrogens with one attached hydrogen (secondary N) is 2. The molecule has 0 aliphatic carbocycles. The summed E-state index contributed by atoms with van der Waals surface area (Å²) >= 11 is 5.80. The van der Waals surface area contributed by atoms with Crippen molar-refractivity contribution in [3.8, 4) is 5.75 Å². The minimum atomic E-state index is -0.285. The summed E-state index contributed by atoms with van der Waals surface area (Å²) in [6.45, 7) is 1.93. The van der Waals surface area contributed by atoms with E-state index < -0.39 is 0 Å². The number of carbonyl (C=O) groups is 1. The summed E-state index contributed by atoms with van der Waals surface area (Å²) in [7, 11) is 0. The molecule has 2 aromatic carbocycles. The molecule has 5 nitrogen and oxygen atoms in total. The van der Waals surface area contributed by atoms with Crippen molar-refractivity contribution in [2.75, 3.05) is 17.2 Å². The number of benzene rings is 2. The number of carbonyl (C=O) groups excluding carboxylic acids is 1. The van der Waals surface area contributed by atoms with E-state index >= 15 is 0 Å². The molecule has 2 N–H and O–H groups in total. The maximum absolute atomic E-state index is 11.9. The fraction of sp³-hybridized carbons (Fsp3) is 0.100. The van der Waals surface area contributed by atoms with Gasteiger partial charge in [0.2, 0.25) is 0 Å². The number of amides is 1. The Balaban J connectivity index is 1.51. The smallest absolute Gasteiger partial charge is 0.263 e. The number of halogens is 1. The molecule has 6 heteroatoms. The molecule has 3 aromatic rings. The van der Waals surface area contributed by atoms with Gasteiger partial charge in [0.15, 0.2) is 6.61 Å². The molecular weight excluding hydrogens is 350 g/mol. The van der Waals surface area contributed by atoms with Crippen LogP contribution in [0.5, 0.6) is 5.75 Å². The molecule has 3 rings (SSSR count). The molecule has 0 saturated carbocycles. The fourth-order valence-corrected chi connectivity index (χ4v) is 2.42. The van der Waals surface area contributed by atoms with Crippen molar-refractivity contribution >= 4 is 34.7 Å². The lowest BCUT2D eigenvalue weighted by atomic mass is 10.2. The first-order chi connectivity index (χ1) is 12.6. The van der Waals surface area contributed by atoms with Crippen molar-refractivity contribution < 1.29 is 9.53 Å². The summed E-state index contributed by atoms with van der Waals surface area (Å²) in [6.07, 6.45) is 1.66. The largest absolute Gasteiger partial charge is 0.484 e. The van der Waals surface area contributed by atoms with E-state index in [1.165, 1.54) is 5.56 Å². The lowest BCUT2D eigenvalue weighted by Gasteiger charge is -2.09. The zero-order valence-electron chi connectivity index (χ0n) is 14.2. The summed E-state index contributed by atoms with van der Waals surface area (Å²) in [5.41, 5.74) is 3.00. The van der Waals surface area contributed by atoms with E-state index in [2.05, 4.69) is 15.6 Å². The number of aryl methyl sites for hydroxylation is 1. The Morgan fingerprint density at radius 1 is 1.08 bits per heavy atom. The summed E-state index contributed by atoms with van der Waals surface area (Å²) in [5.74, 6) is 0.756. The Hall–Kier alpha value is -3.05. The van der Waals surface area contributed by atoms with E-state index in [-0.39, 0.29) is 12.5 Å². The van der Waals surface area contributed by atoms with Gasteiger partial charge in [-0.25, -0.2) is 4.98 Å². The van der Waals surface area contributed by atoms with Crippen molar-refractivity contribution in [3.05, 3.63) is 77.4 Å². The van der Waals surface area contributed by atoms with Crippen LogP contribution in [0, 0.1) is 6.92 Å². The Bertz CT molecular complexity index is 880. The molecular formula is C20H18ClN3O2. The van der Waals surface area contributed by atoms with Crippen molar-refractivity contribution in [3.63, 3.8) is 0 Å². The van der Waals surface area contributed by atoms with E-state index in [0.717, 1.165) is 11.4 Å². The van der Waals surface area contributed by atoms with Crippen molar-refractivity contribution in [2.24, 2.45) is 0 Å². The van der Waals surface area contributed by atoms with E-state index in [4.69, 9.17) is 16.3 Å². The molecule has 0 fully saturated rings. The van der Waals surface area contributed by atoms with Crippen molar-refractivity contribution in [1.29, 1.82) is 0 Å². The van der Waals surface area contributed by atoms with E-state index in [0.29, 0.717) is 16.6 Å². The third-order valence-corrected chi connectivity index (χ3v) is 3.77. The molecule has 132 valence electrons. The highest BCUT2D eigenvalue weighted by molar-refractivity contribution is 6.30. The van der Waals surface area contributed by atoms with Crippen LogP contribution in [-0.2, 0) is 4.79 Å². The number of ether oxygens (including phenoxy) is 1. The molecule has 0 aliphatic heterocycles. The van der Waals surface area contributed by atoms with Crippen LogP contribution in [0.4, 0.5) is 17.2 Å². The highest BCUT2D eigenvalue weighted by Crippen LogP contribution is 2.18. The lowest BCUT2D eigenvalue weighted by molar-refractivity contribution is -0.118. The number of nitrogens with zero attached hydrogens (tertiary/aromatic N) is 1. The predicted molar refractivity (Wildman–Crippen MR) is 104 cm³/mol. The van der Waals surface area contributed by atoms with Crippen LogP contribution >= 0.6 is 11.6 Å². The Labute approximate surface area is 157 Å². The van der Waals surface area contributed by atoms with Crippen LogP contribution in [0.25, 0.3) is 0 Å². The highest BCUT2D eigenvalue weighted by atomic mass is 35.5. The maximum atomic E-state index is 11.9. The molecule has 0 spiro atoms. The zero-order valence-corrected chi connectivity index (χ0v) is 15.0. The quantitative estimate of drug-likeness (QED) is 0.656. The number of hydrogen-bond acceptors (Lipinski definition) is 4. The van der Waals surface area contributed by atoms with Gasteiger partial charge in [-0.1, -0.05) is 23.7 Å². The summed E-state index contributed by atoms with van der Waals surface area (Å²) in [6, 6.07) is 18.5. The molecule has 1 aromatic heterocycles. The van der Waals surface area contributed by atoms with Crippen LogP contribution in [0.3, 0.4) is 0 Å². The third kappa shape index (κ3) is 5.22. The molecule has 0 bridgehead atoms. The van der Waals surface area contributed by atoms with Gasteiger partial charge in [0, 0.05) is 10.7 Å². The second kappa shape index (κ2) is 8.36. The molecule has 1 amide bonds. The van der Waals surface area contributed by atoms with Gasteiger partial charge in [-0.15, -0.1) is 0 Å². The number of anilines is 3. The monoisotopic (exact) mass is 367 g/mol. The van der Waals surface area contributed by atoms with Gasteiger partial charge in [0.1, 0.15) is 11.6 Å². The van der Waals surface area contributed by atoms with Gasteiger partial charge >= 0.3 is 0 Å². The second-order valence-electron chi connectivity index (χ2n) is 5.72. The summed E-state index contributed by atoms with van der Waals surface area (Å²) in [4.78, 5) is 16.2. The number of rotatable bonds is 6. The molecule has 0 unspecified atom stereocenters. The average molecular weight is 368 g/mol. The normalized spacial score (nSPS) is 10.2. The van der Waals surface area contributed by atoms with Gasteiger partial charge in [-0.05, 0) is 61.0 Å². The standard InChI is InChI=1S/C20H18ClN3O2/c1-14-3-2-4-16(11-14)23-17-7-10-19(22-12-17)24-20(25)13-26-18-8-5-15(21)6-9-18/h2-12,23H,13H2,1H3,(H,22,24,25). The SMILES string of the molecule is Cc1cccc(Nc2ccc(NC(=O)COc3ccc(Cl)cc3)nc2)c1. The Kier molecular flexibility index (Phi) is 5.71. The Morgan fingerprint density at radius 2 is 1.88 bits per heavy atom. The number of aromatic nitrogens is 1. The van der Waals surface area contributed by atoms with Gasteiger partial charge in [-0.2, -0.15) is 0 Å². The van der Waals surface area contributed by atoms with Gasteiger partial charge in [-0.3, -0.25) is 4.79 Å². The van der Waals surface area contributed by atoms with Crippen LogP contribution in [-0.4, -0.2) is 17.5 Å². The van der Waals surface area contributed by atoms with Gasteiger partial charge < -0.3 is 15.4 Å². The minimum Gasteiger partial charge on any atom is -0.484 e.